The first-order chi connectivity index (χ1) is 9.57. The van der Waals surface area contributed by atoms with Crippen molar-refractivity contribution in [2.45, 2.75) is 31.7 Å². The standard InChI is InChI=1S/C16H25N3O/c1-4-17-14-8-6-13(7-9-14)15(20)18-12-16(19(2)3)10-5-11-16/h6-9,17H,4-5,10-12H2,1-3H3,(H,18,20). The second-order valence-electron chi connectivity index (χ2n) is 5.76. The molecule has 0 atom stereocenters. The average Bonchev–Trinajstić information content (AvgIpc) is 2.38. The molecule has 0 heterocycles. The molecular formula is C16H25N3O. The third-order valence-corrected chi connectivity index (χ3v) is 4.34. The van der Waals surface area contributed by atoms with Gasteiger partial charge in [0.15, 0.2) is 0 Å². The van der Waals surface area contributed by atoms with Gasteiger partial charge < -0.3 is 15.5 Å². The summed E-state index contributed by atoms with van der Waals surface area (Å²) in [6, 6.07) is 7.64. The van der Waals surface area contributed by atoms with E-state index in [1.807, 2.05) is 24.3 Å². The van der Waals surface area contributed by atoms with E-state index in [0.29, 0.717) is 0 Å². The Hall–Kier alpha value is -1.55. The van der Waals surface area contributed by atoms with Crippen LogP contribution >= 0.6 is 0 Å². The van der Waals surface area contributed by atoms with Crippen molar-refractivity contribution in [3.63, 3.8) is 0 Å². The van der Waals surface area contributed by atoms with Crippen molar-refractivity contribution in [2.75, 3.05) is 32.5 Å². The van der Waals surface area contributed by atoms with Crippen LogP contribution in [-0.4, -0.2) is 43.5 Å². The molecule has 0 radical (unpaired) electrons. The van der Waals surface area contributed by atoms with Crippen LogP contribution in [0.1, 0.15) is 36.5 Å². The topological polar surface area (TPSA) is 44.4 Å². The third kappa shape index (κ3) is 3.12. The molecule has 0 bridgehead atoms. The highest BCUT2D eigenvalue weighted by molar-refractivity contribution is 5.94. The zero-order valence-corrected chi connectivity index (χ0v) is 12.7. The number of rotatable bonds is 6. The van der Waals surface area contributed by atoms with E-state index in [9.17, 15) is 4.79 Å². The summed E-state index contributed by atoms with van der Waals surface area (Å²) in [6.07, 6.45) is 3.59. The SMILES string of the molecule is CCNc1ccc(C(=O)NCC2(N(C)C)CCC2)cc1. The highest BCUT2D eigenvalue weighted by Gasteiger charge is 2.39. The molecule has 1 saturated carbocycles. The highest BCUT2D eigenvalue weighted by atomic mass is 16.1. The number of likely N-dealkylation sites (N-methyl/N-ethyl adjacent to an activating group) is 1. The van der Waals surface area contributed by atoms with E-state index < -0.39 is 0 Å². The first-order valence-corrected chi connectivity index (χ1v) is 7.37. The van der Waals surface area contributed by atoms with Gasteiger partial charge in [0, 0.05) is 29.9 Å². The van der Waals surface area contributed by atoms with Gasteiger partial charge in [0.2, 0.25) is 0 Å². The molecule has 0 aliphatic heterocycles. The molecule has 4 heteroatoms. The number of hydrogen-bond donors (Lipinski definition) is 2. The van der Waals surface area contributed by atoms with Gasteiger partial charge in [-0.25, -0.2) is 0 Å². The van der Waals surface area contributed by atoms with Crippen molar-refractivity contribution < 1.29 is 4.79 Å². The van der Waals surface area contributed by atoms with Crippen LogP contribution in [0.5, 0.6) is 0 Å². The molecule has 1 aromatic carbocycles. The Morgan fingerprint density at radius 1 is 1.25 bits per heavy atom. The van der Waals surface area contributed by atoms with E-state index in [-0.39, 0.29) is 11.4 Å². The number of nitrogens with one attached hydrogen (secondary N) is 2. The van der Waals surface area contributed by atoms with Crippen molar-refractivity contribution >= 4 is 11.6 Å². The fraction of sp³-hybridized carbons (Fsp3) is 0.562. The fourth-order valence-electron chi connectivity index (χ4n) is 2.66. The van der Waals surface area contributed by atoms with Crippen molar-refractivity contribution in [3.8, 4) is 0 Å². The molecule has 20 heavy (non-hydrogen) atoms. The Bertz CT molecular complexity index is 449. The molecule has 2 N–H and O–H groups in total. The zero-order valence-electron chi connectivity index (χ0n) is 12.7. The van der Waals surface area contributed by atoms with Gasteiger partial charge in [-0.2, -0.15) is 0 Å². The Kier molecular flexibility index (Phi) is 4.65. The second kappa shape index (κ2) is 6.27. The van der Waals surface area contributed by atoms with Gasteiger partial charge >= 0.3 is 0 Å². The lowest BCUT2D eigenvalue weighted by Gasteiger charge is -2.47. The summed E-state index contributed by atoms with van der Waals surface area (Å²) in [5.74, 6) is 0.0150. The van der Waals surface area contributed by atoms with E-state index in [1.54, 1.807) is 0 Å². The molecule has 1 aromatic rings. The van der Waals surface area contributed by atoms with Crippen LogP contribution in [0.15, 0.2) is 24.3 Å². The fourth-order valence-corrected chi connectivity index (χ4v) is 2.66. The highest BCUT2D eigenvalue weighted by Crippen LogP contribution is 2.35. The van der Waals surface area contributed by atoms with Gasteiger partial charge in [-0.05, 0) is 64.5 Å². The quantitative estimate of drug-likeness (QED) is 0.837. The van der Waals surface area contributed by atoms with Gasteiger partial charge in [0.05, 0.1) is 0 Å². The summed E-state index contributed by atoms with van der Waals surface area (Å²) in [5, 5.41) is 6.30. The first-order valence-electron chi connectivity index (χ1n) is 7.37. The van der Waals surface area contributed by atoms with Crippen LogP contribution in [0.4, 0.5) is 5.69 Å². The lowest BCUT2D eigenvalue weighted by atomic mass is 9.75. The van der Waals surface area contributed by atoms with Crippen molar-refractivity contribution in [1.29, 1.82) is 0 Å². The predicted octanol–water partition coefficient (Wildman–Crippen LogP) is 2.33. The largest absolute Gasteiger partial charge is 0.385 e. The lowest BCUT2D eigenvalue weighted by Crippen LogP contribution is -2.57. The predicted molar refractivity (Wildman–Crippen MR) is 83.2 cm³/mol. The molecule has 0 aromatic heterocycles. The molecule has 0 spiro atoms. The minimum Gasteiger partial charge on any atom is -0.385 e. The van der Waals surface area contributed by atoms with Gasteiger partial charge in [-0.15, -0.1) is 0 Å². The molecule has 4 nitrogen and oxygen atoms in total. The van der Waals surface area contributed by atoms with Crippen LogP contribution in [0, 0.1) is 0 Å². The Labute approximate surface area is 121 Å². The third-order valence-electron chi connectivity index (χ3n) is 4.34. The van der Waals surface area contributed by atoms with Gasteiger partial charge in [-0.1, -0.05) is 0 Å². The molecule has 110 valence electrons. The monoisotopic (exact) mass is 275 g/mol. The number of anilines is 1. The van der Waals surface area contributed by atoms with Crippen molar-refractivity contribution in [3.05, 3.63) is 29.8 Å². The van der Waals surface area contributed by atoms with E-state index in [4.69, 9.17) is 0 Å². The van der Waals surface area contributed by atoms with E-state index in [1.165, 1.54) is 19.3 Å². The summed E-state index contributed by atoms with van der Waals surface area (Å²) in [4.78, 5) is 14.4. The second-order valence-corrected chi connectivity index (χ2v) is 5.76. The number of amides is 1. The summed E-state index contributed by atoms with van der Waals surface area (Å²) in [6.45, 7) is 3.67. The smallest absolute Gasteiger partial charge is 0.251 e. The summed E-state index contributed by atoms with van der Waals surface area (Å²) in [5.41, 5.74) is 1.94. The first kappa shape index (κ1) is 14.9. The van der Waals surface area contributed by atoms with Crippen LogP contribution in [0.2, 0.25) is 0 Å². The number of nitrogens with zero attached hydrogens (tertiary/aromatic N) is 1. The molecule has 0 unspecified atom stereocenters. The number of carbonyl (C=O) groups is 1. The van der Waals surface area contributed by atoms with Gasteiger partial charge in [0.1, 0.15) is 0 Å². The van der Waals surface area contributed by atoms with Gasteiger partial charge in [0.25, 0.3) is 5.91 Å². The van der Waals surface area contributed by atoms with Crippen molar-refractivity contribution in [2.24, 2.45) is 0 Å². The maximum Gasteiger partial charge on any atom is 0.251 e. The van der Waals surface area contributed by atoms with Crippen LogP contribution < -0.4 is 10.6 Å². The zero-order chi connectivity index (χ0) is 14.6. The molecule has 1 aliphatic rings. The summed E-state index contributed by atoms with van der Waals surface area (Å²) >= 11 is 0. The van der Waals surface area contributed by atoms with Gasteiger partial charge in [-0.3, -0.25) is 4.79 Å². The molecule has 0 saturated heterocycles. The Morgan fingerprint density at radius 2 is 1.90 bits per heavy atom. The molecule has 1 amide bonds. The summed E-state index contributed by atoms with van der Waals surface area (Å²) in [7, 11) is 4.19. The van der Waals surface area contributed by atoms with Crippen LogP contribution in [0.3, 0.4) is 0 Å². The molecule has 1 fully saturated rings. The number of hydrogen-bond acceptors (Lipinski definition) is 3. The van der Waals surface area contributed by atoms with E-state index in [0.717, 1.165) is 24.3 Å². The van der Waals surface area contributed by atoms with Crippen molar-refractivity contribution in [1.82, 2.24) is 10.2 Å². The number of benzene rings is 1. The molecule has 1 aliphatic carbocycles. The van der Waals surface area contributed by atoms with E-state index >= 15 is 0 Å². The Morgan fingerprint density at radius 3 is 2.35 bits per heavy atom. The minimum absolute atomic E-state index is 0.0150. The average molecular weight is 275 g/mol. The molecular weight excluding hydrogens is 250 g/mol. The number of carbonyl (C=O) groups excluding carboxylic acids is 1. The molecule has 2 rings (SSSR count). The van der Waals surface area contributed by atoms with E-state index in [2.05, 4.69) is 36.6 Å². The minimum atomic E-state index is 0.0150. The normalized spacial score (nSPS) is 16.6. The maximum atomic E-state index is 12.2. The maximum absolute atomic E-state index is 12.2. The Balaban J connectivity index is 1.91. The van der Waals surface area contributed by atoms with Crippen LogP contribution in [-0.2, 0) is 0 Å². The summed E-state index contributed by atoms with van der Waals surface area (Å²) < 4.78 is 0. The van der Waals surface area contributed by atoms with Crippen LogP contribution in [0.25, 0.3) is 0 Å². The lowest BCUT2D eigenvalue weighted by molar-refractivity contribution is 0.0557.